The zero-order valence-corrected chi connectivity index (χ0v) is 12.4. The molecule has 116 valence electrons. The molecule has 0 aromatic rings. The highest BCUT2D eigenvalue weighted by Gasteiger charge is 2.25. The fraction of sp³-hybridized carbons (Fsp3) is 0.857. The third-order valence-electron chi connectivity index (χ3n) is 3.92. The number of carbonyl (C=O) groups excluding carboxylic acids is 1. The Labute approximate surface area is 120 Å². The number of methoxy groups -OCH3 is 1. The Morgan fingerprint density at radius 3 is 2.55 bits per heavy atom. The second-order valence-corrected chi connectivity index (χ2v) is 5.31. The molecule has 2 N–H and O–H groups in total. The van der Waals surface area contributed by atoms with E-state index in [-0.39, 0.29) is 6.03 Å². The Bertz CT molecular complexity index is 314. The van der Waals surface area contributed by atoms with Crippen molar-refractivity contribution in [1.82, 2.24) is 10.2 Å². The Kier molecular flexibility index (Phi) is 7.36. The number of amides is 2. The summed E-state index contributed by atoms with van der Waals surface area (Å²) >= 11 is 0. The van der Waals surface area contributed by atoms with Gasteiger partial charge in [0.1, 0.15) is 6.04 Å². The molecule has 2 amide bonds. The van der Waals surface area contributed by atoms with Gasteiger partial charge < -0.3 is 20.1 Å². The number of hydrogen-bond donors (Lipinski definition) is 2. The van der Waals surface area contributed by atoms with Crippen LogP contribution in [0, 0.1) is 5.92 Å². The lowest BCUT2D eigenvalue weighted by Gasteiger charge is -2.32. The summed E-state index contributed by atoms with van der Waals surface area (Å²) in [5, 5.41) is 11.7. The van der Waals surface area contributed by atoms with E-state index >= 15 is 0 Å². The van der Waals surface area contributed by atoms with E-state index in [0.29, 0.717) is 25.4 Å². The Balaban J connectivity index is 2.39. The molecule has 20 heavy (non-hydrogen) atoms. The third kappa shape index (κ3) is 5.36. The standard InChI is InChI=1S/C14H26N2O4/c1-3-11-6-8-16(9-7-11)14(19)15-12(13(17)18)5-4-10-20-2/h11-12H,3-10H2,1-2H3,(H,15,19)(H,17,18). The van der Waals surface area contributed by atoms with E-state index in [1.54, 1.807) is 12.0 Å². The van der Waals surface area contributed by atoms with Gasteiger partial charge in [-0.3, -0.25) is 0 Å². The lowest BCUT2D eigenvalue weighted by atomic mass is 9.95. The maximum Gasteiger partial charge on any atom is 0.326 e. The van der Waals surface area contributed by atoms with E-state index < -0.39 is 12.0 Å². The molecule has 1 unspecified atom stereocenters. The van der Waals surface area contributed by atoms with Crippen molar-refractivity contribution >= 4 is 12.0 Å². The Morgan fingerprint density at radius 2 is 2.05 bits per heavy atom. The topological polar surface area (TPSA) is 78.9 Å². The predicted molar refractivity (Wildman–Crippen MR) is 75.7 cm³/mol. The summed E-state index contributed by atoms with van der Waals surface area (Å²) < 4.78 is 4.90. The van der Waals surface area contributed by atoms with E-state index in [4.69, 9.17) is 9.84 Å². The van der Waals surface area contributed by atoms with Crippen molar-refractivity contribution in [3.8, 4) is 0 Å². The van der Waals surface area contributed by atoms with Crippen LogP contribution in [0.3, 0.4) is 0 Å². The smallest absolute Gasteiger partial charge is 0.326 e. The average Bonchev–Trinajstić information content (AvgIpc) is 2.46. The zero-order chi connectivity index (χ0) is 15.0. The van der Waals surface area contributed by atoms with Crippen LogP contribution in [-0.4, -0.2) is 54.9 Å². The number of carboxylic acids is 1. The first kappa shape index (κ1) is 16.8. The summed E-state index contributed by atoms with van der Waals surface area (Å²) in [5.41, 5.74) is 0. The van der Waals surface area contributed by atoms with Crippen LogP contribution in [0.4, 0.5) is 4.79 Å². The molecule has 0 bridgehead atoms. The summed E-state index contributed by atoms with van der Waals surface area (Å²) in [6, 6.07) is -1.09. The van der Waals surface area contributed by atoms with E-state index in [1.165, 1.54) is 0 Å². The molecule has 6 heteroatoms. The fourth-order valence-electron chi connectivity index (χ4n) is 2.47. The molecule has 1 aliphatic heterocycles. The molecule has 0 aliphatic carbocycles. The van der Waals surface area contributed by atoms with Crippen molar-refractivity contribution in [2.45, 2.75) is 45.1 Å². The van der Waals surface area contributed by atoms with E-state index in [1.807, 2.05) is 0 Å². The van der Waals surface area contributed by atoms with Crippen LogP contribution in [0.1, 0.15) is 39.0 Å². The molecule has 1 rings (SSSR count). The highest BCUT2D eigenvalue weighted by atomic mass is 16.5. The molecule has 1 atom stereocenters. The molecule has 0 radical (unpaired) electrons. The molecular weight excluding hydrogens is 260 g/mol. The van der Waals surface area contributed by atoms with Gasteiger partial charge in [-0.15, -0.1) is 0 Å². The zero-order valence-electron chi connectivity index (χ0n) is 12.4. The fourth-order valence-corrected chi connectivity index (χ4v) is 2.47. The lowest BCUT2D eigenvalue weighted by molar-refractivity contribution is -0.139. The van der Waals surface area contributed by atoms with Gasteiger partial charge in [0, 0.05) is 26.8 Å². The Morgan fingerprint density at radius 1 is 1.40 bits per heavy atom. The molecular formula is C14H26N2O4. The highest BCUT2D eigenvalue weighted by molar-refractivity contribution is 5.82. The molecule has 1 aliphatic rings. The van der Waals surface area contributed by atoms with Gasteiger partial charge in [0.25, 0.3) is 0 Å². The van der Waals surface area contributed by atoms with Crippen LogP contribution in [-0.2, 0) is 9.53 Å². The van der Waals surface area contributed by atoms with Gasteiger partial charge >= 0.3 is 12.0 Å². The van der Waals surface area contributed by atoms with Crippen LogP contribution in [0.15, 0.2) is 0 Å². The molecule has 1 heterocycles. The number of aliphatic carboxylic acids is 1. The third-order valence-corrected chi connectivity index (χ3v) is 3.92. The van der Waals surface area contributed by atoms with Gasteiger partial charge in [-0.05, 0) is 31.6 Å². The largest absolute Gasteiger partial charge is 0.480 e. The molecule has 6 nitrogen and oxygen atoms in total. The van der Waals surface area contributed by atoms with Crippen molar-refractivity contribution < 1.29 is 19.4 Å². The van der Waals surface area contributed by atoms with Gasteiger partial charge in [0.05, 0.1) is 0 Å². The van der Waals surface area contributed by atoms with E-state index in [0.717, 1.165) is 32.4 Å². The van der Waals surface area contributed by atoms with Crippen molar-refractivity contribution in [3.05, 3.63) is 0 Å². The summed E-state index contributed by atoms with van der Waals surface area (Å²) in [6.45, 7) is 4.10. The first-order chi connectivity index (χ1) is 9.58. The van der Waals surface area contributed by atoms with Crippen LogP contribution >= 0.6 is 0 Å². The van der Waals surface area contributed by atoms with Gasteiger partial charge in [-0.25, -0.2) is 9.59 Å². The summed E-state index contributed by atoms with van der Waals surface area (Å²) in [4.78, 5) is 24.9. The number of piperidine rings is 1. The molecule has 0 saturated carbocycles. The van der Waals surface area contributed by atoms with E-state index in [2.05, 4.69) is 12.2 Å². The van der Waals surface area contributed by atoms with Gasteiger partial charge in [-0.1, -0.05) is 13.3 Å². The minimum atomic E-state index is -0.988. The second-order valence-electron chi connectivity index (χ2n) is 5.31. The maximum atomic E-state index is 12.1. The molecule has 0 spiro atoms. The second kappa shape index (κ2) is 8.79. The number of likely N-dealkylation sites (tertiary alicyclic amines) is 1. The number of ether oxygens (including phenoxy) is 1. The normalized spacial score (nSPS) is 17.8. The minimum absolute atomic E-state index is 0.260. The van der Waals surface area contributed by atoms with Crippen molar-refractivity contribution in [3.63, 3.8) is 0 Å². The van der Waals surface area contributed by atoms with Crippen LogP contribution in [0.25, 0.3) is 0 Å². The first-order valence-corrected chi connectivity index (χ1v) is 7.35. The highest BCUT2D eigenvalue weighted by Crippen LogP contribution is 2.19. The van der Waals surface area contributed by atoms with Crippen LogP contribution < -0.4 is 5.32 Å². The quantitative estimate of drug-likeness (QED) is 0.698. The number of urea groups is 1. The van der Waals surface area contributed by atoms with Crippen LogP contribution in [0.5, 0.6) is 0 Å². The summed E-state index contributed by atoms with van der Waals surface area (Å²) in [6.07, 6.45) is 4.16. The van der Waals surface area contributed by atoms with Gasteiger partial charge in [-0.2, -0.15) is 0 Å². The number of carboxylic acid groups (broad SMARTS) is 1. The monoisotopic (exact) mass is 286 g/mol. The molecule has 0 aromatic carbocycles. The predicted octanol–water partition coefficient (Wildman–Crippen LogP) is 1.70. The minimum Gasteiger partial charge on any atom is -0.480 e. The van der Waals surface area contributed by atoms with Crippen molar-refractivity contribution in [1.29, 1.82) is 0 Å². The number of carbonyl (C=O) groups is 2. The van der Waals surface area contributed by atoms with Crippen molar-refractivity contribution in [2.24, 2.45) is 5.92 Å². The number of rotatable bonds is 7. The van der Waals surface area contributed by atoms with Crippen LogP contribution in [0.2, 0.25) is 0 Å². The SMILES string of the molecule is CCC1CCN(C(=O)NC(CCCOC)C(=O)O)CC1. The maximum absolute atomic E-state index is 12.1. The molecule has 1 saturated heterocycles. The number of nitrogens with one attached hydrogen (secondary N) is 1. The van der Waals surface area contributed by atoms with Crippen molar-refractivity contribution in [2.75, 3.05) is 26.8 Å². The molecule has 1 fully saturated rings. The molecule has 0 aromatic heterocycles. The summed E-state index contributed by atoms with van der Waals surface area (Å²) in [7, 11) is 1.58. The average molecular weight is 286 g/mol. The van der Waals surface area contributed by atoms with Gasteiger partial charge in [0.15, 0.2) is 0 Å². The Hall–Kier alpha value is -1.30. The lowest BCUT2D eigenvalue weighted by Crippen LogP contribution is -2.50. The summed E-state index contributed by atoms with van der Waals surface area (Å²) in [5.74, 6) is -0.297. The van der Waals surface area contributed by atoms with E-state index in [9.17, 15) is 9.59 Å². The number of nitrogens with zero attached hydrogens (tertiary/aromatic N) is 1. The van der Waals surface area contributed by atoms with Gasteiger partial charge in [0.2, 0.25) is 0 Å². The first-order valence-electron chi connectivity index (χ1n) is 7.35. The number of hydrogen-bond acceptors (Lipinski definition) is 3.